The van der Waals surface area contributed by atoms with E-state index in [1.165, 1.54) is 12.1 Å². The lowest BCUT2D eigenvalue weighted by Gasteiger charge is -2.19. The molecular weight excluding hydrogens is 490 g/mol. The van der Waals surface area contributed by atoms with Crippen molar-refractivity contribution in [1.82, 2.24) is 9.97 Å². The number of aryl methyl sites for hydroxylation is 1. The highest BCUT2D eigenvalue weighted by Crippen LogP contribution is 2.25. The molecular formula is C28H31N3O5S. The normalized spacial score (nSPS) is 12.4. The first-order valence-corrected chi connectivity index (χ1v) is 13.6. The molecule has 0 aliphatic carbocycles. The highest BCUT2D eigenvalue weighted by molar-refractivity contribution is 7.86. The molecule has 2 heterocycles. The number of aromatic nitrogens is 2. The number of rotatable bonds is 11. The standard InChI is InChI=1S/C28H31N3O5S/c1-4-31(5-2)28-15-9-22(17-29-28)27-13-8-21-16-24(10-14-26(21)30-27)35-18-23(32)19-36-37(33,34)25-11-6-20(3)7-12-25/h6-17,23,32H,4-5,18-19H2,1-3H3. The van der Waals surface area contributed by atoms with Crippen LogP contribution < -0.4 is 9.64 Å². The van der Waals surface area contributed by atoms with Crippen LogP contribution in [0.25, 0.3) is 22.2 Å². The molecule has 4 rings (SSSR count). The second-order valence-corrected chi connectivity index (χ2v) is 10.3. The summed E-state index contributed by atoms with van der Waals surface area (Å²) in [7, 11) is -3.95. The van der Waals surface area contributed by atoms with Gasteiger partial charge in [0.25, 0.3) is 10.1 Å². The van der Waals surface area contributed by atoms with Crippen molar-refractivity contribution in [3.8, 4) is 17.0 Å². The van der Waals surface area contributed by atoms with Gasteiger partial charge in [0.2, 0.25) is 0 Å². The lowest BCUT2D eigenvalue weighted by Crippen LogP contribution is -2.25. The Morgan fingerprint density at radius 1 is 0.946 bits per heavy atom. The van der Waals surface area contributed by atoms with Gasteiger partial charge >= 0.3 is 0 Å². The van der Waals surface area contributed by atoms with E-state index in [0.29, 0.717) is 5.75 Å². The Hall–Kier alpha value is -3.53. The Morgan fingerprint density at radius 2 is 1.70 bits per heavy atom. The summed E-state index contributed by atoms with van der Waals surface area (Å²) in [6.45, 7) is 7.35. The van der Waals surface area contributed by atoms with Crippen molar-refractivity contribution in [2.75, 3.05) is 31.2 Å². The fourth-order valence-corrected chi connectivity index (χ4v) is 4.75. The van der Waals surface area contributed by atoms with Crippen LogP contribution in [0.1, 0.15) is 19.4 Å². The van der Waals surface area contributed by atoms with E-state index in [0.717, 1.165) is 46.6 Å². The van der Waals surface area contributed by atoms with Crippen molar-refractivity contribution < 1.29 is 22.4 Å². The van der Waals surface area contributed by atoms with Crippen molar-refractivity contribution in [1.29, 1.82) is 0 Å². The lowest BCUT2D eigenvalue weighted by atomic mass is 10.1. The number of hydrogen-bond acceptors (Lipinski definition) is 8. The van der Waals surface area contributed by atoms with Crippen LogP contribution in [0.15, 0.2) is 77.8 Å². The first kappa shape index (κ1) is 26.5. The molecule has 1 N–H and O–H groups in total. The van der Waals surface area contributed by atoms with Gasteiger partial charge in [-0.3, -0.25) is 4.18 Å². The van der Waals surface area contributed by atoms with E-state index in [1.807, 2.05) is 49.5 Å². The summed E-state index contributed by atoms with van der Waals surface area (Å²) in [6.07, 6.45) is 0.713. The molecule has 0 aliphatic rings. The largest absolute Gasteiger partial charge is 0.491 e. The average molecular weight is 522 g/mol. The van der Waals surface area contributed by atoms with E-state index >= 15 is 0 Å². The number of benzene rings is 2. The maximum absolute atomic E-state index is 12.3. The molecule has 8 nitrogen and oxygen atoms in total. The number of aliphatic hydroxyl groups excluding tert-OH is 1. The number of hydrogen-bond donors (Lipinski definition) is 1. The molecule has 0 amide bonds. The summed E-state index contributed by atoms with van der Waals surface area (Å²) in [6, 6.07) is 19.7. The Kier molecular flexibility index (Phi) is 8.38. The number of aliphatic hydroxyl groups is 1. The molecule has 0 fully saturated rings. The molecule has 0 bridgehead atoms. The van der Waals surface area contributed by atoms with Crippen LogP contribution in [-0.4, -0.2) is 55.9 Å². The Balaban J connectivity index is 1.36. The number of pyridine rings is 2. The van der Waals surface area contributed by atoms with Crippen molar-refractivity contribution in [2.45, 2.75) is 31.8 Å². The van der Waals surface area contributed by atoms with Crippen LogP contribution in [0.3, 0.4) is 0 Å². The lowest BCUT2D eigenvalue weighted by molar-refractivity contribution is 0.0649. The summed E-state index contributed by atoms with van der Waals surface area (Å²) in [4.78, 5) is 11.5. The Morgan fingerprint density at radius 3 is 2.38 bits per heavy atom. The zero-order valence-corrected chi connectivity index (χ0v) is 22.0. The van der Waals surface area contributed by atoms with E-state index in [4.69, 9.17) is 13.9 Å². The molecule has 0 radical (unpaired) electrons. The third-order valence-electron chi connectivity index (χ3n) is 5.96. The SMILES string of the molecule is CCN(CC)c1ccc(-c2ccc3cc(OCC(O)COS(=O)(=O)c4ccc(C)cc4)ccc3n2)cn1. The molecule has 0 aliphatic heterocycles. The third kappa shape index (κ3) is 6.62. The molecule has 2 aromatic heterocycles. The Labute approximate surface area is 217 Å². The minimum atomic E-state index is -3.95. The van der Waals surface area contributed by atoms with Crippen molar-refractivity contribution >= 4 is 26.8 Å². The monoisotopic (exact) mass is 521 g/mol. The second kappa shape index (κ2) is 11.7. The van der Waals surface area contributed by atoms with Crippen LogP contribution in [-0.2, 0) is 14.3 Å². The third-order valence-corrected chi connectivity index (χ3v) is 7.26. The number of nitrogens with zero attached hydrogens (tertiary/aromatic N) is 3. The van der Waals surface area contributed by atoms with Gasteiger partial charge in [0.05, 0.1) is 22.7 Å². The summed E-state index contributed by atoms with van der Waals surface area (Å²) in [5.74, 6) is 1.48. The van der Waals surface area contributed by atoms with Gasteiger partial charge in [-0.15, -0.1) is 0 Å². The van der Waals surface area contributed by atoms with Gasteiger partial charge in [-0.2, -0.15) is 8.42 Å². The maximum atomic E-state index is 12.3. The van der Waals surface area contributed by atoms with Crippen molar-refractivity contribution in [3.05, 3.63) is 78.5 Å². The molecule has 9 heteroatoms. The van der Waals surface area contributed by atoms with E-state index in [9.17, 15) is 13.5 Å². The maximum Gasteiger partial charge on any atom is 0.297 e. The van der Waals surface area contributed by atoms with E-state index < -0.39 is 22.8 Å². The van der Waals surface area contributed by atoms with Gasteiger partial charge in [0, 0.05) is 30.2 Å². The average Bonchev–Trinajstić information content (AvgIpc) is 2.92. The highest BCUT2D eigenvalue weighted by Gasteiger charge is 2.18. The summed E-state index contributed by atoms with van der Waals surface area (Å²) in [5, 5.41) is 11.1. The summed E-state index contributed by atoms with van der Waals surface area (Å²) < 4.78 is 35.2. The molecule has 0 saturated carbocycles. The van der Waals surface area contributed by atoms with Gasteiger partial charge < -0.3 is 14.7 Å². The quantitative estimate of drug-likeness (QED) is 0.286. The van der Waals surface area contributed by atoms with Crippen molar-refractivity contribution in [2.24, 2.45) is 0 Å². The highest BCUT2D eigenvalue weighted by atomic mass is 32.2. The van der Waals surface area contributed by atoms with Crippen molar-refractivity contribution in [3.63, 3.8) is 0 Å². The fraction of sp³-hybridized carbons (Fsp3) is 0.286. The molecule has 194 valence electrons. The molecule has 2 aromatic carbocycles. The predicted molar refractivity (Wildman–Crippen MR) is 144 cm³/mol. The summed E-state index contributed by atoms with van der Waals surface area (Å²) >= 11 is 0. The predicted octanol–water partition coefficient (Wildman–Crippen LogP) is 4.60. The van der Waals surface area contributed by atoms with E-state index in [-0.39, 0.29) is 11.5 Å². The second-order valence-electron chi connectivity index (χ2n) is 8.64. The van der Waals surface area contributed by atoms with E-state index in [1.54, 1.807) is 18.2 Å². The fourth-order valence-electron chi connectivity index (χ4n) is 3.81. The molecule has 0 saturated heterocycles. The summed E-state index contributed by atoms with van der Waals surface area (Å²) in [5.41, 5.74) is 3.49. The van der Waals surface area contributed by atoms with Gasteiger partial charge in [-0.05, 0) is 69.3 Å². The van der Waals surface area contributed by atoms with E-state index in [2.05, 4.69) is 23.7 Å². The number of anilines is 1. The zero-order valence-electron chi connectivity index (χ0n) is 21.2. The topological polar surface area (TPSA) is 102 Å². The van der Waals surface area contributed by atoms with Gasteiger partial charge in [0.1, 0.15) is 24.3 Å². The smallest absolute Gasteiger partial charge is 0.297 e. The van der Waals surface area contributed by atoms with Crippen LogP contribution in [0.5, 0.6) is 5.75 Å². The van der Waals surface area contributed by atoms with Crippen LogP contribution in [0.4, 0.5) is 5.82 Å². The molecule has 1 atom stereocenters. The first-order chi connectivity index (χ1) is 17.8. The first-order valence-electron chi connectivity index (χ1n) is 12.2. The molecule has 0 spiro atoms. The van der Waals surface area contributed by atoms with Gasteiger partial charge in [-0.1, -0.05) is 23.8 Å². The van der Waals surface area contributed by atoms with Gasteiger partial charge in [0.15, 0.2) is 0 Å². The molecule has 1 unspecified atom stereocenters. The van der Waals surface area contributed by atoms with Crippen LogP contribution in [0.2, 0.25) is 0 Å². The number of ether oxygens (including phenoxy) is 1. The van der Waals surface area contributed by atoms with Crippen LogP contribution >= 0.6 is 0 Å². The molecule has 37 heavy (non-hydrogen) atoms. The molecule has 4 aromatic rings. The zero-order chi connectivity index (χ0) is 26.4. The minimum absolute atomic E-state index is 0.0447. The Bertz CT molecular complexity index is 1440. The minimum Gasteiger partial charge on any atom is -0.491 e. The number of fused-ring (bicyclic) bond motifs is 1. The van der Waals surface area contributed by atoms with Gasteiger partial charge in [-0.25, -0.2) is 9.97 Å². The van der Waals surface area contributed by atoms with Crippen LogP contribution in [0, 0.1) is 6.92 Å².